The number of carbonyl (C=O) groups is 1. The highest BCUT2D eigenvalue weighted by molar-refractivity contribution is 7.79. The average molecular weight is 497 g/mol. The number of thiocarbonyl (C=S) groups is 1. The Hall–Kier alpha value is -2.32. The summed E-state index contributed by atoms with van der Waals surface area (Å²) in [7, 11) is 0. The molecule has 0 radical (unpaired) electrons. The summed E-state index contributed by atoms with van der Waals surface area (Å²) in [5, 5.41) is 11.5. The van der Waals surface area contributed by atoms with Gasteiger partial charge < -0.3 is 19.6 Å². The Morgan fingerprint density at radius 1 is 1.20 bits per heavy atom. The van der Waals surface area contributed by atoms with E-state index in [4.69, 9.17) is 21.8 Å². The summed E-state index contributed by atoms with van der Waals surface area (Å²) in [5.41, 5.74) is 6.56. The fourth-order valence-corrected chi connectivity index (χ4v) is 5.52. The molecule has 0 saturated carbocycles. The molecule has 2 heterocycles. The second-order valence-corrected chi connectivity index (χ2v) is 9.81. The zero-order valence-corrected chi connectivity index (χ0v) is 21.2. The monoisotopic (exact) mass is 496 g/mol. The molecule has 2 aliphatic heterocycles. The third kappa shape index (κ3) is 6.47. The van der Waals surface area contributed by atoms with Crippen LogP contribution in [0.4, 0.5) is 0 Å². The van der Waals surface area contributed by atoms with E-state index >= 15 is 0 Å². The maximum Gasteiger partial charge on any atom is 0.326 e. The Balaban J connectivity index is 1.31. The van der Waals surface area contributed by atoms with Gasteiger partial charge >= 0.3 is 5.97 Å². The summed E-state index contributed by atoms with van der Waals surface area (Å²) < 4.78 is 6.17. The number of ether oxygens (including phenoxy) is 1. The average Bonchev–Trinajstić information content (AvgIpc) is 3.05. The van der Waals surface area contributed by atoms with Crippen molar-refractivity contribution in [2.45, 2.75) is 63.7 Å². The fraction of sp³-hybridized carbons (Fsp3) is 0.500. The normalized spacial score (nSPS) is 20.0. The lowest BCUT2D eigenvalue weighted by Crippen LogP contribution is -2.42. The third-order valence-electron chi connectivity index (χ3n) is 7.22. The first-order valence-corrected chi connectivity index (χ1v) is 13.2. The number of aliphatic hydroxyl groups excluding tert-OH is 1. The van der Waals surface area contributed by atoms with Gasteiger partial charge in [-0.25, -0.2) is 0 Å². The molecule has 0 amide bonds. The number of nitrogens with one attached hydrogen (secondary N) is 1. The van der Waals surface area contributed by atoms with Gasteiger partial charge in [-0.3, -0.25) is 4.79 Å². The van der Waals surface area contributed by atoms with Crippen molar-refractivity contribution in [1.82, 2.24) is 10.4 Å². The minimum absolute atomic E-state index is 0.300. The molecule has 2 aliphatic rings. The summed E-state index contributed by atoms with van der Waals surface area (Å²) in [6.07, 6.45) is 3.20. The van der Waals surface area contributed by atoms with Gasteiger partial charge in [-0.05, 0) is 55.5 Å². The first-order valence-electron chi connectivity index (χ1n) is 12.7. The van der Waals surface area contributed by atoms with Crippen molar-refractivity contribution < 1.29 is 19.5 Å². The number of likely N-dealkylation sites (tertiary alicyclic amines) is 1. The molecular weight excluding hydrogens is 460 g/mol. The number of benzene rings is 2. The van der Waals surface area contributed by atoms with Crippen molar-refractivity contribution in [3.63, 3.8) is 0 Å². The smallest absolute Gasteiger partial charge is 0.326 e. The van der Waals surface area contributed by atoms with Crippen LogP contribution < -0.4 is 10.2 Å². The first-order chi connectivity index (χ1) is 17.1. The van der Waals surface area contributed by atoms with Gasteiger partial charge in [0.2, 0.25) is 0 Å². The molecule has 4 rings (SSSR count). The summed E-state index contributed by atoms with van der Waals surface area (Å²) in [6.45, 7) is 5.15. The highest BCUT2D eigenvalue weighted by Gasteiger charge is 2.33. The zero-order chi connectivity index (χ0) is 24.6. The SMILES string of the molecule is CCCC(O)[C@H](C=S)NOC(=O)CCN1CCC(C2c3ccccc3COc3ccccc32)CC1. The number of carbonyl (C=O) groups excluding carboxylic acids is 1. The van der Waals surface area contributed by atoms with E-state index in [1.54, 1.807) is 0 Å². The van der Waals surface area contributed by atoms with Crippen molar-refractivity contribution in [1.29, 1.82) is 0 Å². The molecule has 0 aliphatic carbocycles. The predicted octanol–water partition coefficient (Wildman–Crippen LogP) is 4.39. The van der Waals surface area contributed by atoms with Crippen LogP contribution in [0, 0.1) is 5.92 Å². The fourth-order valence-electron chi connectivity index (χ4n) is 5.29. The van der Waals surface area contributed by atoms with Crippen LogP contribution in [0.15, 0.2) is 48.5 Å². The van der Waals surface area contributed by atoms with E-state index in [-0.39, 0.29) is 5.97 Å². The van der Waals surface area contributed by atoms with Crippen LogP contribution in [0.1, 0.15) is 61.6 Å². The van der Waals surface area contributed by atoms with Crippen LogP contribution in [0.5, 0.6) is 5.75 Å². The third-order valence-corrected chi connectivity index (χ3v) is 7.51. The van der Waals surface area contributed by atoms with Crippen molar-refractivity contribution >= 4 is 23.6 Å². The molecule has 0 aromatic heterocycles. The largest absolute Gasteiger partial charge is 0.489 e. The predicted molar refractivity (Wildman–Crippen MR) is 140 cm³/mol. The van der Waals surface area contributed by atoms with Gasteiger partial charge in [0.15, 0.2) is 0 Å². The maximum atomic E-state index is 12.3. The Bertz CT molecular complexity index is 945. The highest BCUT2D eigenvalue weighted by atomic mass is 32.1. The lowest BCUT2D eigenvalue weighted by molar-refractivity contribution is -0.153. The Labute approximate surface area is 213 Å². The molecular formula is C28H36N2O4S. The standard InChI is InChI=1S/C28H36N2O4S/c1-2-7-25(31)24(19-35)29-34-27(32)14-17-30-15-12-20(13-16-30)28-22-9-4-3-8-21(22)18-33-26-11-6-5-10-23(26)28/h3-6,8-11,19-20,24-25,28-29,31H,2,7,12-18H2,1H3/t24-,25?,28?/m0/s1. The highest BCUT2D eigenvalue weighted by Crippen LogP contribution is 2.44. The molecule has 2 aromatic carbocycles. The Morgan fingerprint density at radius 3 is 2.66 bits per heavy atom. The van der Waals surface area contributed by atoms with Crippen molar-refractivity contribution in [2.75, 3.05) is 19.6 Å². The van der Waals surface area contributed by atoms with E-state index < -0.39 is 12.1 Å². The lowest BCUT2D eigenvalue weighted by Gasteiger charge is -2.36. The Morgan fingerprint density at radius 2 is 1.91 bits per heavy atom. The first kappa shape index (κ1) is 25.8. The van der Waals surface area contributed by atoms with Crippen LogP contribution in [0.25, 0.3) is 0 Å². The number of piperidine rings is 1. The van der Waals surface area contributed by atoms with Gasteiger partial charge in [-0.1, -0.05) is 68.0 Å². The summed E-state index contributed by atoms with van der Waals surface area (Å²) in [6, 6.07) is 16.6. The second kappa shape index (κ2) is 12.6. The molecule has 0 bridgehead atoms. The summed E-state index contributed by atoms with van der Waals surface area (Å²) in [4.78, 5) is 19.8. The molecule has 2 unspecified atom stereocenters. The van der Waals surface area contributed by atoms with Gasteiger partial charge in [-0.2, -0.15) is 0 Å². The topological polar surface area (TPSA) is 71.0 Å². The number of hydrogen-bond acceptors (Lipinski definition) is 7. The van der Waals surface area contributed by atoms with E-state index in [1.807, 2.05) is 13.0 Å². The van der Waals surface area contributed by atoms with Crippen LogP contribution in [0.2, 0.25) is 0 Å². The minimum Gasteiger partial charge on any atom is -0.489 e. The zero-order valence-electron chi connectivity index (χ0n) is 20.4. The van der Waals surface area contributed by atoms with E-state index in [0.29, 0.717) is 37.8 Å². The van der Waals surface area contributed by atoms with E-state index in [0.717, 1.165) is 38.1 Å². The Kier molecular flexibility index (Phi) is 9.26. The number of aliphatic hydroxyl groups is 1. The molecule has 1 fully saturated rings. The number of fused-ring (bicyclic) bond motifs is 2. The van der Waals surface area contributed by atoms with E-state index in [2.05, 4.69) is 52.8 Å². The molecule has 6 nitrogen and oxygen atoms in total. The number of hydroxylamine groups is 1. The molecule has 2 N–H and O–H groups in total. The molecule has 0 spiro atoms. The molecule has 7 heteroatoms. The lowest BCUT2D eigenvalue weighted by atomic mass is 9.75. The van der Waals surface area contributed by atoms with Crippen molar-refractivity contribution in [3.05, 3.63) is 65.2 Å². The van der Waals surface area contributed by atoms with E-state index in [9.17, 15) is 9.90 Å². The molecule has 3 atom stereocenters. The van der Waals surface area contributed by atoms with Crippen LogP contribution in [-0.4, -0.2) is 53.1 Å². The van der Waals surface area contributed by atoms with Gasteiger partial charge in [0.1, 0.15) is 12.4 Å². The van der Waals surface area contributed by atoms with Crippen molar-refractivity contribution in [2.24, 2.45) is 5.92 Å². The quantitative estimate of drug-likeness (QED) is 0.373. The van der Waals surface area contributed by atoms with Gasteiger partial charge in [0, 0.05) is 23.4 Å². The van der Waals surface area contributed by atoms with Crippen LogP contribution in [0.3, 0.4) is 0 Å². The molecule has 188 valence electrons. The second-order valence-electron chi connectivity index (χ2n) is 9.54. The van der Waals surface area contributed by atoms with Crippen molar-refractivity contribution in [3.8, 4) is 5.75 Å². The molecule has 1 saturated heterocycles. The molecule has 35 heavy (non-hydrogen) atoms. The maximum absolute atomic E-state index is 12.3. The van der Waals surface area contributed by atoms with Gasteiger partial charge in [-0.15, -0.1) is 5.48 Å². The van der Waals surface area contributed by atoms with Gasteiger partial charge in [0.25, 0.3) is 0 Å². The number of rotatable bonds is 10. The number of hydrogen-bond donors (Lipinski definition) is 2. The van der Waals surface area contributed by atoms with Gasteiger partial charge in [0.05, 0.1) is 18.6 Å². The summed E-state index contributed by atoms with van der Waals surface area (Å²) >= 11 is 4.95. The van der Waals surface area contributed by atoms with E-state index in [1.165, 1.54) is 22.1 Å². The number of para-hydroxylation sites is 1. The van der Waals surface area contributed by atoms with Crippen LogP contribution >= 0.6 is 12.2 Å². The summed E-state index contributed by atoms with van der Waals surface area (Å²) in [5.74, 6) is 1.50. The molecule has 2 aromatic rings. The minimum atomic E-state index is -0.658. The number of nitrogens with zero attached hydrogens (tertiary/aromatic N) is 1. The van der Waals surface area contributed by atoms with Crippen LogP contribution in [-0.2, 0) is 16.2 Å².